The number of aliphatic imine (C=N–C) groups is 2. The van der Waals surface area contributed by atoms with Gasteiger partial charge in [0.25, 0.3) is 0 Å². The van der Waals surface area contributed by atoms with Gasteiger partial charge in [-0.1, -0.05) is 0 Å². The summed E-state index contributed by atoms with van der Waals surface area (Å²) in [4.78, 5) is 32.8. The van der Waals surface area contributed by atoms with Crippen LogP contribution in [-0.2, 0) is 9.59 Å². The van der Waals surface area contributed by atoms with Crippen molar-refractivity contribution < 1.29 is 9.59 Å². The molecule has 0 saturated carbocycles. The molecule has 1 saturated heterocycles. The Hall–Kier alpha value is -1.52. The summed E-state index contributed by atoms with van der Waals surface area (Å²) in [5, 5.41) is 0. The summed E-state index contributed by atoms with van der Waals surface area (Å²) < 4.78 is 0. The van der Waals surface area contributed by atoms with Gasteiger partial charge in [0.1, 0.15) is 0 Å². The Labute approximate surface area is 102 Å². The number of carbonyl (C=O) groups is 2. The number of rotatable bonds is 4. The van der Waals surface area contributed by atoms with Gasteiger partial charge in [-0.2, -0.15) is 0 Å². The van der Waals surface area contributed by atoms with Crippen LogP contribution in [0.5, 0.6) is 0 Å². The third-order valence-electron chi connectivity index (χ3n) is 2.83. The lowest BCUT2D eigenvalue weighted by molar-refractivity contribution is -0.150. The van der Waals surface area contributed by atoms with Crippen molar-refractivity contribution >= 4 is 23.7 Å². The maximum absolute atomic E-state index is 11.7. The zero-order chi connectivity index (χ0) is 12.8. The van der Waals surface area contributed by atoms with Crippen LogP contribution in [0.4, 0.5) is 0 Å². The van der Waals surface area contributed by atoms with E-state index in [1.54, 1.807) is 20.3 Å². The summed E-state index contributed by atoms with van der Waals surface area (Å²) in [7, 11) is 3.36. The minimum Gasteiger partial charge on any atom is -0.295 e. The third-order valence-corrected chi connectivity index (χ3v) is 2.83. The Kier molecular flexibility index (Phi) is 5.00. The Bertz CT molecular complexity index is 345. The van der Waals surface area contributed by atoms with E-state index in [9.17, 15) is 9.59 Å². The number of nitrogens with zero attached hydrogens (tertiary/aromatic N) is 3. The van der Waals surface area contributed by atoms with E-state index in [0.717, 1.165) is 5.71 Å². The number of hydrogen-bond donors (Lipinski definition) is 0. The van der Waals surface area contributed by atoms with E-state index < -0.39 is 0 Å². The zero-order valence-corrected chi connectivity index (χ0v) is 10.6. The van der Waals surface area contributed by atoms with Crippen LogP contribution in [0.2, 0.25) is 0 Å². The molecule has 0 spiro atoms. The van der Waals surface area contributed by atoms with Crippen molar-refractivity contribution in [2.24, 2.45) is 9.98 Å². The lowest BCUT2D eigenvalue weighted by Crippen LogP contribution is -2.46. The predicted octanol–water partition coefficient (Wildman–Crippen LogP) is 1.08. The van der Waals surface area contributed by atoms with Crippen molar-refractivity contribution in [3.63, 3.8) is 0 Å². The molecule has 1 aliphatic rings. The summed E-state index contributed by atoms with van der Waals surface area (Å²) in [6.07, 6.45) is 3.83. The molecule has 1 heterocycles. The minimum atomic E-state index is -0.146. The summed E-state index contributed by atoms with van der Waals surface area (Å²) >= 11 is 0. The SMILES string of the molecule is CN=CC(CC(C)N1C(=O)CCCC1=O)=NC. The fourth-order valence-corrected chi connectivity index (χ4v) is 2.01. The molecule has 0 N–H and O–H groups in total. The average Bonchev–Trinajstić information content (AvgIpc) is 2.28. The fourth-order valence-electron chi connectivity index (χ4n) is 2.01. The van der Waals surface area contributed by atoms with Gasteiger partial charge in [-0.15, -0.1) is 0 Å². The number of imide groups is 1. The number of hydrogen-bond acceptors (Lipinski definition) is 4. The van der Waals surface area contributed by atoms with Gasteiger partial charge in [-0.05, 0) is 13.3 Å². The minimum absolute atomic E-state index is 0.0716. The Morgan fingerprint density at radius 3 is 2.41 bits per heavy atom. The van der Waals surface area contributed by atoms with E-state index in [4.69, 9.17) is 0 Å². The monoisotopic (exact) mass is 237 g/mol. The molecule has 1 aliphatic heterocycles. The van der Waals surface area contributed by atoms with Gasteiger partial charge in [0.15, 0.2) is 0 Å². The molecule has 17 heavy (non-hydrogen) atoms. The smallest absolute Gasteiger partial charge is 0.229 e. The van der Waals surface area contributed by atoms with Gasteiger partial charge in [-0.3, -0.25) is 24.5 Å². The van der Waals surface area contributed by atoms with E-state index in [-0.39, 0.29) is 17.9 Å². The predicted molar refractivity (Wildman–Crippen MR) is 67.6 cm³/mol. The molecule has 5 heteroatoms. The average molecular weight is 237 g/mol. The molecular formula is C12H19N3O2. The Morgan fingerprint density at radius 2 is 1.94 bits per heavy atom. The van der Waals surface area contributed by atoms with Crippen LogP contribution in [-0.4, -0.2) is 48.8 Å². The molecule has 0 bridgehead atoms. The van der Waals surface area contributed by atoms with Crippen LogP contribution in [0, 0.1) is 0 Å². The van der Waals surface area contributed by atoms with Gasteiger partial charge >= 0.3 is 0 Å². The summed E-state index contributed by atoms with van der Waals surface area (Å²) in [6, 6.07) is -0.146. The molecule has 0 aromatic heterocycles. The molecule has 0 aromatic carbocycles. The molecule has 1 rings (SSSR count). The van der Waals surface area contributed by atoms with Crippen LogP contribution in [0.25, 0.3) is 0 Å². The maximum atomic E-state index is 11.7. The van der Waals surface area contributed by atoms with E-state index in [1.807, 2.05) is 6.92 Å². The van der Waals surface area contributed by atoms with E-state index >= 15 is 0 Å². The molecule has 1 unspecified atom stereocenters. The number of amides is 2. The van der Waals surface area contributed by atoms with Crippen molar-refractivity contribution in [1.29, 1.82) is 0 Å². The molecular weight excluding hydrogens is 218 g/mol. The molecule has 0 aromatic rings. The maximum Gasteiger partial charge on any atom is 0.229 e. The zero-order valence-electron chi connectivity index (χ0n) is 10.6. The normalized spacial score (nSPS) is 20.2. The van der Waals surface area contributed by atoms with Gasteiger partial charge < -0.3 is 0 Å². The van der Waals surface area contributed by atoms with Crippen molar-refractivity contribution in [2.75, 3.05) is 14.1 Å². The summed E-state index contributed by atoms with van der Waals surface area (Å²) in [5.74, 6) is -0.143. The van der Waals surface area contributed by atoms with E-state index in [1.165, 1.54) is 4.90 Å². The summed E-state index contributed by atoms with van der Waals surface area (Å²) in [5.41, 5.74) is 0.797. The fraction of sp³-hybridized carbons (Fsp3) is 0.667. The second-order valence-electron chi connectivity index (χ2n) is 4.17. The molecule has 94 valence electrons. The standard InChI is InChI=1S/C12H19N3O2/c1-9(7-10(14-3)8-13-2)15-11(16)5-4-6-12(15)17/h8-9H,4-7H2,1-3H3. The lowest BCUT2D eigenvalue weighted by atomic mass is 10.0. The lowest BCUT2D eigenvalue weighted by Gasteiger charge is -2.30. The highest BCUT2D eigenvalue weighted by Crippen LogP contribution is 2.17. The van der Waals surface area contributed by atoms with Gasteiger partial charge in [0.05, 0.1) is 5.71 Å². The highest BCUT2D eigenvalue weighted by Gasteiger charge is 2.30. The van der Waals surface area contributed by atoms with Crippen molar-refractivity contribution in [2.45, 2.75) is 38.6 Å². The quantitative estimate of drug-likeness (QED) is 0.542. The number of piperidine rings is 1. The highest BCUT2D eigenvalue weighted by molar-refractivity contribution is 6.30. The Balaban J connectivity index is 2.71. The Morgan fingerprint density at radius 1 is 1.35 bits per heavy atom. The molecule has 5 nitrogen and oxygen atoms in total. The first-order valence-electron chi connectivity index (χ1n) is 5.82. The molecule has 0 radical (unpaired) electrons. The van der Waals surface area contributed by atoms with E-state index in [2.05, 4.69) is 9.98 Å². The molecule has 1 atom stereocenters. The first-order chi connectivity index (χ1) is 8.10. The third kappa shape index (κ3) is 3.47. The number of carbonyl (C=O) groups excluding carboxylic acids is 2. The second-order valence-corrected chi connectivity index (χ2v) is 4.17. The topological polar surface area (TPSA) is 62.1 Å². The van der Waals surface area contributed by atoms with Crippen molar-refractivity contribution in [3.8, 4) is 0 Å². The van der Waals surface area contributed by atoms with Crippen molar-refractivity contribution in [3.05, 3.63) is 0 Å². The number of likely N-dealkylation sites (tertiary alicyclic amines) is 1. The van der Waals surface area contributed by atoms with Crippen LogP contribution in [0.3, 0.4) is 0 Å². The molecule has 0 aliphatic carbocycles. The van der Waals surface area contributed by atoms with Crippen LogP contribution in [0.15, 0.2) is 9.98 Å². The van der Waals surface area contributed by atoms with Crippen LogP contribution in [0.1, 0.15) is 32.6 Å². The van der Waals surface area contributed by atoms with Crippen LogP contribution < -0.4 is 0 Å². The highest BCUT2D eigenvalue weighted by atomic mass is 16.2. The van der Waals surface area contributed by atoms with Gasteiger partial charge in [0, 0.05) is 45.6 Å². The van der Waals surface area contributed by atoms with E-state index in [0.29, 0.717) is 25.7 Å². The first kappa shape index (κ1) is 13.5. The van der Waals surface area contributed by atoms with Gasteiger partial charge in [-0.25, -0.2) is 0 Å². The van der Waals surface area contributed by atoms with Crippen molar-refractivity contribution in [1.82, 2.24) is 4.90 Å². The van der Waals surface area contributed by atoms with Crippen LogP contribution >= 0.6 is 0 Å². The molecule has 2 amide bonds. The largest absolute Gasteiger partial charge is 0.295 e. The van der Waals surface area contributed by atoms with Gasteiger partial charge in [0.2, 0.25) is 11.8 Å². The first-order valence-corrected chi connectivity index (χ1v) is 5.82. The molecule has 1 fully saturated rings. The summed E-state index contributed by atoms with van der Waals surface area (Å²) in [6.45, 7) is 1.87. The second kappa shape index (κ2) is 6.27.